The number of nitrogens with zero attached hydrogens (tertiary/aromatic N) is 1. The van der Waals surface area contributed by atoms with Gasteiger partial charge >= 0.3 is 0 Å². The van der Waals surface area contributed by atoms with Crippen LogP contribution >= 0.6 is 23.4 Å². The van der Waals surface area contributed by atoms with Crippen molar-refractivity contribution in [3.63, 3.8) is 0 Å². The van der Waals surface area contributed by atoms with Gasteiger partial charge in [0, 0.05) is 29.4 Å². The van der Waals surface area contributed by atoms with Crippen LogP contribution in [-0.4, -0.2) is 35.1 Å². The molecule has 162 valence electrons. The lowest BCUT2D eigenvalue weighted by Gasteiger charge is -2.29. The molecular formula is C23H28ClFN2O2S. The molecule has 30 heavy (non-hydrogen) atoms. The number of carbonyl (C=O) groups excluding carboxylic acids is 2. The zero-order chi connectivity index (χ0) is 21.9. The quantitative estimate of drug-likeness (QED) is 0.487. The number of hydrogen-bond acceptors (Lipinski definition) is 3. The van der Waals surface area contributed by atoms with Gasteiger partial charge < -0.3 is 10.2 Å². The van der Waals surface area contributed by atoms with Crippen LogP contribution in [0.3, 0.4) is 0 Å². The molecule has 0 unspecified atom stereocenters. The molecule has 1 atom stereocenters. The number of benzene rings is 2. The number of halogens is 2. The van der Waals surface area contributed by atoms with E-state index in [4.69, 9.17) is 11.6 Å². The summed E-state index contributed by atoms with van der Waals surface area (Å²) in [6, 6.07) is 13.1. The van der Waals surface area contributed by atoms with Crippen molar-refractivity contribution in [1.29, 1.82) is 0 Å². The first-order valence-corrected chi connectivity index (χ1v) is 11.6. The van der Waals surface area contributed by atoms with Gasteiger partial charge in [-0.3, -0.25) is 9.59 Å². The first-order valence-electron chi connectivity index (χ1n) is 10.0. The highest BCUT2D eigenvalue weighted by Gasteiger charge is 2.26. The molecule has 2 rings (SSSR count). The predicted molar refractivity (Wildman–Crippen MR) is 122 cm³/mol. The first kappa shape index (κ1) is 24.2. The molecule has 0 heterocycles. The summed E-state index contributed by atoms with van der Waals surface area (Å²) >= 11 is 7.45. The molecule has 0 aliphatic heterocycles. The molecule has 2 aromatic carbocycles. The minimum Gasteiger partial charge on any atom is -0.354 e. The van der Waals surface area contributed by atoms with Crippen LogP contribution in [0.2, 0.25) is 5.02 Å². The first-order chi connectivity index (χ1) is 14.4. The van der Waals surface area contributed by atoms with E-state index in [1.54, 1.807) is 31.2 Å². The Morgan fingerprint density at radius 2 is 1.97 bits per heavy atom. The SMILES string of the molecule is CCCCNC(=O)[C@H](C)N(Cc1ccccc1F)C(=O)CSCc1cccc(Cl)c1. The second-order valence-corrected chi connectivity index (χ2v) is 8.48. The van der Waals surface area contributed by atoms with Gasteiger partial charge in [0.15, 0.2) is 0 Å². The molecular weight excluding hydrogens is 423 g/mol. The molecule has 0 radical (unpaired) electrons. The monoisotopic (exact) mass is 450 g/mol. The lowest BCUT2D eigenvalue weighted by molar-refractivity contribution is -0.138. The highest BCUT2D eigenvalue weighted by atomic mass is 35.5. The fourth-order valence-corrected chi connectivity index (χ4v) is 3.97. The number of thioether (sulfide) groups is 1. The van der Waals surface area contributed by atoms with Gasteiger partial charge in [-0.15, -0.1) is 11.8 Å². The Kier molecular flexibility index (Phi) is 10.2. The van der Waals surface area contributed by atoms with Crippen LogP contribution in [0.1, 0.15) is 37.8 Å². The molecule has 7 heteroatoms. The number of nitrogens with one attached hydrogen (secondary N) is 1. The summed E-state index contributed by atoms with van der Waals surface area (Å²) in [5, 5.41) is 3.51. The van der Waals surface area contributed by atoms with Crippen molar-refractivity contribution in [3.8, 4) is 0 Å². The molecule has 0 aromatic heterocycles. The smallest absolute Gasteiger partial charge is 0.242 e. The number of hydrogen-bond donors (Lipinski definition) is 1. The lowest BCUT2D eigenvalue weighted by atomic mass is 10.1. The summed E-state index contributed by atoms with van der Waals surface area (Å²) < 4.78 is 14.2. The molecule has 2 aromatic rings. The number of unbranched alkanes of at least 4 members (excludes halogenated alkanes) is 1. The van der Waals surface area contributed by atoms with Crippen molar-refractivity contribution < 1.29 is 14.0 Å². The Balaban J connectivity index is 2.05. The fourth-order valence-electron chi connectivity index (χ4n) is 2.89. The van der Waals surface area contributed by atoms with Gasteiger partial charge in [-0.25, -0.2) is 4.39 Å². The normalized spacial score (nSPS) is 11.7. The van der Waals surface area contributed by atoms with Gasteiger partial charge in [0.05, 0.1) is 5.75 Å². The molecule has 0 saturated carbocycles. The highest BCUT2D eigenvalue weighted by molar-refractivity contribution is 7.99. The third-order valence-electron chi connectivity index (χ3n) is 4.68. The van der Waals surface area contributed by atoms with E-state index in [2.05, 4.69) is 5.32 Å². The average molecular weight is 451 g/mol. The maximum Gasteiger partial charge on any atom is 0.242 e. The second kappa shape index (κ2) is 12.6. The summed E-state index contributed by atoms with van der Waals surface area (Å²) in [4.78, 5) is 27.0. The van der Waals surface area contributed by atoms with Gasteiger partial charge in [0.25, 0.3) is 0 Å². The van der Waals surface area contributed by atoms with Crippen LogP contribution in [0, 0.1) is 5.82 Å². The van der Waals surface area contributed by atoms with Gasteiger partial charge in [-0.1, -0.05) is 55.3 Å². The van der Waals surface area contributed by atoms with Crippen molar-refractivity contribution in [1.82, 2.24) is 10.2 Å². The van der Waals surface area contributed by atoms with Crippen LogP contribution in [0.25, 0.3) is 0 Å². The van der Waals surface area contributed by atoms with Crippen LogP contribution in [0.4, 0.5) is 4.39 Å². The second-order valence-electron chi connectivity index (χ2n) is 7.06. The van der Waals surface area contributed by atoms with Crippen molar-refractivity contribution >= 4 is 35.2 Å². The summed E-state index contributed by atoms with van der Waals surface area (Å²) in [5.41, 5.74) is 1.41. The maximum absolute atomic E-state index is 14.2. The van der Waals surface area contributed by atoms with Gasteiger partial charge in [0.1, 0.15) is 11.9 Å². The van der Waals surface area contributed by atoms with Crippen LogP contribution in [-0.2, 0) is 21.9 Å². The summed E-state index contributed by atoms with van der Waals surface area (Å²) in [5.74, 6) is -0.0124. The van der Waals surface area contributed by atoms with E-state index in [0.717, 1.165) is 18.4 Å². The molecule has 4 nitrogen and oxygen atoms in total. The van der Waals surface area contributed by atoms with Crippen molar-refractivity contribution in [2.24, 2.45) is 0 Å². The minimum absolute atomic E-state index is 0.0472. The largest absolute Gasteiger partial charge is 0.354 e. The Hall–Kier alpha value is -2.05. The molecule has 0 spiro atoms. The Morgan fingerprint density at radius 3 is 2.67 bits per heavy atom. The maximum atomic E-state index is 14.2. The number of amides is 2. The van der Waals surface area contributed by atoms with E-state index in [1.165, 1.54) is 22.7 Å². The minimum atomic E-state index is -0.694. The van der Waals surface area contributed by atoms with Gasteiger partial charge in [-0.2, -0.15) is 0 Å². The molecule has 0 bridgehead atoms. The van der Waals surface area contributed by atoms with E-state index >= 15 is 0 Å². The average Bonchev–Trinajstić information content (AvgIpc) is 2.72. The van der Waals surface area contributed by atoms with E-state index in [9.17, 15) is 14.0 Å². The molecule has 0 saturated heterocycles. The van der Waals surface area contributed by atoms with E-state index in [-0.39, 0.29) is 29.9 Å². The molecule has 1 N–H and O–H groups in total. The molecule has 0 aliphatic rings. The van der Waals surface area contributed by atoms with Crippen LogP contribution in [0.15, 0.2) is 48.5 Å². The zero-order valence-electron chi connectivity index (χ0n) is 17.4. The van der Waals surface area contributed by atoms with E-state index < -0.39 is 6.04 Å². The summed E-state index contributed by atoms with van der Waals surface area (Å²) in [7, 11) is 0. The van der Waals surface area contributed by atoms with Crippen molar-refractivity contribution in [2.45, 2.75) is 45.0 Å². The summed E-state index contributed by atoms with van der Waals surface area (Å²) in [6.07, 6.45) is 1.84. The highest BCUT2D eigenvalue weighted by Crippen LogP contribution is 2.19. The summed E-state index contributed by atoms with van der Waals surface area (Å²) in [6.45, 7) is 4.33. The standard InChI is InChI=1S/C23H28ClFN2O2S/c1-3-4-12-26-23(29)17(2)27(14-19-9-5-6-11-21(19)25)22(28)16-30-15-18-8-7-10-20(24)13-18/h5-11,13,17H,3-4,12,14-16H2,1-2H3,(H,26,29)/t17-/m0/s1. The molecule has 0 fully saturated rings. The topological polar surface area (TPSA) is 49.4 Å². The van der Waals surface area contributed by atoms with Crippen LogP contribution in [0.5, 0.6) is 0 Å². The van der Waals surface area contributed by atoms with Crippen LogP contribution < -0.4 is 5.32 Å². The predicted octanol–water partition coefficient (Wildman–Crippen LogP) is 5.05. The zero-order valence-corrected chi connectivity index (χ0v) is 18.9. The lowest BCUT2D eigenvalue weighted by Crippen LogP contribution is -2.48. The Bertz CT molecular complexity index is 849. The Labute approximate surface area is 187 Å². The molecule has 2 amide bonds. The van der Waals surface area contributed by atoms with E-state index in [1.807, 2.05) is 25.1 Å². The molecule has 0 aliphatic carbocycles. The van der Waals surface area contributed by atoms with Gasteiger partial charge in [-0.05, 0) is 37.1 Å². The number of rotatable bonds is 11. The fraction of sp³-hybridized carbons (Fsp3) is 0.391. The third-order valence-corrected chi connectivity index (χ3v) is 5.90. The number of carbonyl (C=O) groups is 2. The van der Waals surface area contributed by atoms with E-state index in [0.29, 0.717) is 22.9 Å². The van der Waals surface area contributed by atoms with Crippen molar-refractivity contribution in [3.05, 3.63) is 70.5 Å². The third kappa shape index (κ3) is 7.65. The van der Waals surface area contributed by atoms with Gasteiger partial charge in [0.2, 0.25) is 11.8 Å². The van der Waals surface area contributed by atoms with Crippen molar-refractivity contribution in [2.75, 3.05) is 12.3 Å². The Morgan fingerprint density at radius 1 is 1.20 bits per heavy atom.